The lowest BCUT2D eigenvalue weighted by Crippen LogP contribution is -2.55. The summed E-state index contributed by atoms with van der Waals surface area (Å²) in [5, 5.41) is 3.74. The summed E-state index contributed by atoms with van der Waals surface area (Å²) in [4.78, 5) is 2.77. The van der Waals surface area contributed by atoms with Crippen molar-refractivity contribution < 1.29 is 0 Å². The quantitative estimate of drug-likeness (QED) is 0.892. The summed E-state index contributed by atoms with van der Waals surface area (Å²) in [5.41, 5.74) is 1.44. The molecule has 1 saturated heterocycles. The fourth-order valence-corrected chi connectivity index (χ4v) is 3.46. The molecular weight excluding hydrogens is 232 g/mol. The van der Waals surface area contributed by atoms with Crippen molar-refractivity contribution in [2.75, 3.05) is 13.1 Å². The lowest BCUT2D eigenvalue weighted by molar-refractivity contribution is 0.0761. The highest BCUT2D eigenvalue weighted by atomic mass is 15.3. The molecule has 3 atom stereocenters. The van der Waals surface area contributed by atoms with E-state index in [1.54, 1.807) is 0 Å². The van der Waals surface area contributed by atoms with E-state index in [0.29, 0.717) is 6.04 Å². The lowest BCUT2D eigenvalue weighted by Gasteiger charge is -2.44. The van der Waals surface area contributed by atoms with Crippen molar-refractivity contribution in [1.29, 1.82) is 0 Å². The van der Waals surface area contributed by atoms with Crippen LogP contribution >= 0.6 is 0 Å². The van der Waals surface area contributed by atoms with Crippen molar-refractivity contribution in [3.05, 3.63) is 35.9 Å². The molecule has 1 aromatic rings. The van der Waals surface area contributed by atoms with Crippen LogP contribution < -0.4 is 5.32 Å². The molecule has 0 bridgehead atoms. The Kier molecular flexibility index (Phi) is 3.90. The third kappa shape index (κ3) is 2.85. The van der Waals surface area contributed by atoms with E-state index in [9.17, 15) is 0 Å². The molecule has 2 nitrogen and oxygen atoms in total. The van der Waals surface area contributed by atoms with Gasteiger partial charge < -0.3 is 5.32 Å². The standard InChI is InChI=1S/C17H26N2/c1-3-16-11-18-17(15-7-5-4-6-8-15)12-19(16)13(2)14-9-10-14/h4-8,13-14,16-18H,3,9-12H2,1-2H3. The smallest absolute Gasteiger partial charge is 0.0450 e. The zero-order valence-electron chi connectivity index (χ0n) is 12.2. The topological polar surface area (TPSA) is 15.3 Å². The van der Waals surface area contributed by atoms with Gasteiger partial charge in [0.05, 0.1) is 0 Å². The normalized spacial score (nSPS) is 30.2. The summed E-state index contributed by atoms with van der Waals surface area (Å²) in [6.45, 7) is 7.06. The fraction of sp³-hybridized carbons (Fsp3) is 0.647. The molecule has 2 fully saturated rings. The van der Waals surface area contributed by atoms with Gasteiger partial charge in [-0.05, 0) is 37.7 Å². The predicted octanol–water partition coefficient (Wildman–Crippen LogP) is 3.21. The Morgan fingerprint density at radius 3 is 2.63 bits per heavy atom. The molecule has 0 amide bonds. The highest BCUT2D eigenvalue weighted by molar-refractivity contribution is 5.20. The molecule has 2 heteroatoms. The number of hydrogen-bond donors (Lipinski definition) is 1. The van der Waals surface area contributed by atoms with Gasteiger partial charge in [-0.1, -0.05) is 37.3 Å². The van der Waals surface area contributed by atoms with E-state index in [2.05, 4.69) is 54.4 Å². The summed E-state index contributed by atoms with van der Waals surface area (Å²) in [7, 11) is 0. The van der Waals surface area contributed by atoms with Crippen molar-refractivity contribution in [1.82, 2.24) is 10.2 Å². The van der Waals surface area contributed by atoms with Crippen LogP contribution in [0.2, 0.25) is 0 Å². The number of piperazine rings is 1. The molecule has 1 heterocycles. The molecule has 3 unspecified atom stereocenters. The van der Waals surface area contributed by atoms with Crippen LogP contribution in [0.4, 0.5) is 0 Å². The summed E-state index contributed by atoms with van der Waals surface area (Å²) in [6, 6.07) is 12.9. The fourth-order valence-electron chi connectivity index (χ4n) is 3.46. The van der Waals surface area contributed by atoms with Gasteiger partial charge >= 0.3 is 0 Å². The van der Waals surface area contributed by atoms with Gasteiger partial charge in [0, 0.05) is 31.2 Å². The molecule has 0 spiro atoms. The van der Waals surface area contributed by atoms with Crippen molar-refractivity contribution in [2.24, 2.45) is 5.92 Å². The van der Waals surface area contributed by atoms with Crippen LogP contribution in [0.25, 0.3) is 0 Å². The van der Waals surface area contributed by atoms with Crippen molar-refractivity contribution in [3.63, 3.8) is 0 Å². The molecule has 1 saturated carbocycles. The monoisotopic (exact) mass is 258 g/mol. The molecule has 0 radical (unpaired) electrons. The van der Waals surface area contributed by atoms with Crippen LogP contribution in [0.1, 0.15) is 44.7 Å². The summed E-state index contributed by atoms with van der Waals surface area (Å²) in [6.07, 6.45) is 4.14. The Balaban J connectivity index is 1.73. The van der Waals surface area contributed by atoms with Crippen molar-refractivity contribution in [3.8, 4) is 0 Å². The maximum atomic E-state index is 3.74. The zero-order chi connectivity index (χ0) is 13.2. The van der Waals surface area contributed by atoms with E-state index < -0.39 is 0 Å². The van der Waals surface area contributed by atoms with Crippen molar-refractivity contribution in [2.45, 2.75) is 51.2 Å². The minimum atomic E-state index is 0.505. The average Bonchev–Trinajstić information content (AvgIpc) is 3.31. The Morgan fingerprint density at radius 1 is 1.26 bits per heavy atom. The molecule has 3 rings (SSSR count). The molecule has 1 aliphatic heterocycles. The van der Waals surface area contributed by atoms with Gasteiger partial charge in [0.25, 0.3) is 0 Å². The lowest BCUT2D eigenvalue weighted by atomic mass is 9.98. The number of benzene rings is 1. The van der Waals surface area contributed by atoms with E-state index in [4.69, 9.17) is 0 Å². The highest BCUT2D eigenvalue weighted by Crippen LogP contribution is 2.37. The summed E-state index contributed by atoms with van der Waals surface area (Å²) < 4.78 is 0. The van der Waals surface area contributed by atoms with Gasteiger partial charge in [0.1, 0.15) is 0 Å². The highest BCUT2D eigenvalue weighted by Gasteiger charge is 2.37. The zero-order valence-corrected chi connectivity index (χ0v) is 12.2. The first-order chi connectivity index (χ1) is 9.29. The third-order valence-electron chi connectivity index (χ3n) is 4.96. The largest absolute Gasteiger partial charge is 0.307 e. The number of nitrogens with one attached hydrogen (secondary N) is 1. The van der Waals surface area contributed by atoms with Gasteiger partial charge in [0.2, 0.25) is 0 Å². The second-order valence-corrected chi connectivity index (χ2v) is 6.21. The van der Waals surface area contributed by atoms with Gasteiger partial charge in [-0.15, -0.1) is 0 Å². The number of nitrogens with zero attached hydrogens (tertiary/aromatic N) is 1. The molecule has 104 valence electrons. The van der Waals surface area contributed by atoms with Gasteiger partial charge in [0.15, 0.2) is 0 Å². The Labute approximate surface area is 117 Å². The van der Waals surface area contributed by atoms with Crippen molar-refractivity contribution >= 4 is 0 Å². The average molecular weight is 258 g/mol. The molecule has 19 heavy (non-hydrogen) atoms. The SMILES string of the molecule is CCC1CNC(c2ccccc2)CN1C(C)C1CC1. The maximum absolute atomic E-state index is 3.74. The second kappa shape index (κ2) is 5.64. The second-order valence-electron chi connectivity index (χ2n) is 6.21. The predicted molar refractivity (Wildman–Crippen MR) is 80.2 cm³/mol. The first-order valence-electron chi connectivity index (χ1n) is 7.83. The van der Waals surface area contributed by atoms with E-state index in [1.807, 2.05) is 0 Å². The maximum Gasteiger partial charge on any atom is 0.0450 e. The Bertz CT molecular complexity index is 397. The minimum Gasteiger partial charge on any atom is -0.307 e. The molecule has 0 aromatic heterocycles. The van der Waals surface area contributed by atoms with Gasteiger partial charge in [-0.3, -0.25) is 4.90 Å². The van der Waals surface area contributed by atoms with Crippen LogP contribution in [0, 0.1) is 5.92 Å². The Morgan fingerprint density at radius 2 is 2.00 bits per heavy atom. The van der Waals surface area contributed by atoms with E-state index in [-0.39, 0.29) is 0 Å². The summed E-state index contributed by atoms with van der Waals surface area (Å²) in [5.74, 6) is 0.962. The first-order valence-corrected chi connectivity index (χ1v) is 7.83. The van der Waals surface area contributed by atoms with E-state index >= 15 is 0 Å². The first kappa shape index (κ1) is 13.1. The van der Waals surface area contributed by atoms with Gasteiger partial charge in [-0.2, -0.15) is 0 Å². The molecule has 1 N–H and O–H groups in total. The van der Waals surface area contributed by atoms with Crippen LogP contribution in [-0.4, -0.2) is 30.1 Å². The van der Waals surface area contributed by atoms with Crippen LogP contribution in [0.15, 0.2) is 30.3 Å². The molecule has 2 aliphatic rings. The molecule has 1 aromatic carbocycles. The van der Waals surface area contributed by atoms with Crippen LogP contribution in [0.3, 0.4) is 0 Å². The summed E-state index contributed by atoms with van der Waals surface area (Å²) >= 11 is 0. The van der Waals surface area contributed by atoms with E-state index in [1.165, 1.54) is 31.4 Å². The number of hydrogen-bond acceptors (Lipinski definition) is 2. The molecular formula is C17H26N2. The van der Waals surface area contributed by atoms with Gasteiger partial charge in [-0.25, -0.2) is 0 Å². The van der Waals surface area contributed by atoms with Crippen LogP contribution in [0.5, 0.6) is 0 Å². The van der Waals surface area contributed by atoms with Crippen LogP contribution in [-0.2, 0) is 0 Å². The van der Waals surface area contributed by atoms with E-state index in [0.717, 1.165) is 24.5 Å². The third-order valence-corrected chi connectivity index (χ3v) is 4.96. The number of rotatable bonds is 4. The molecule has 1 aliphatic carbocycles. The Hall–Kier alpha value is -0.860. The minimum absolute atomic E-state index is 0.505.